The van der Waals surface area contributed by atoms with Gasteiger partial charge in [0, 0.05) is 17.1 Å². The van der Waals surface area contributed by atoms with Gasteiger partial charge >= 0.3 is 0 Å². The number of nitrogens with zero attached hydrogens (tertiary/aromatic N) is 3. The van der Waals surface area contributed by atoms with E-state index in [1.807, 2.05) is 36.4 Å². The Kier molecular flexibility index (Phi) is 4.19. The number of nitriles is 1. The minimum absolute atomic E-state index is 0.0163. The number of rotatable bonds is 3. The quantitative estimate of drug-likeness (QED) is 0.707. The average molecular weight is 364 g/mol. The first-order chi connectivity index (χ1) is 12.7. The lowest BCUT2D eigenvalue weighted by molar-refractivity contribution is 0.367. The van der Waals surface area contributed by atoms with Gasteiger partial charge < -0.3 is 4.74 Å². The van der Waals surface area contributed by atoms with E-state index in [-0.39, 0.29) is 12.2 Å². The number of hydrogen-bond donors (Lipinski definition) is 0. The largest absolute Gasteiger partial charge is 0.478 e. The van der Waals surface area contributed by atoms with Crippen LogP contribution in [0.4, 0.5) is 0 Å². The molecular formula is C20H14ClN3O2. The fraction of sp³-hybridized carbons (Fsp3) is 0.150. The lowest BCUT2D eigenvalue weighted by atomic mass is 10.1. The van der Waals surface area contributed by atoms with E-state index in [0.29, 0.717) is 40.5 Å². The molecule has 0 bridgehead atoms. The van der Waals surface area contributed by atoms with Crippen molar-refractivity contribution in [1.29, 1.82) is 5.26 Å². The van der Waals surface area contributed by atoms with E-state index in [2.05, 4.69) is 4.98 Å². The predicted molar refractivity (Wildman–Crippen MR) is 101 cm³/mol. The maximum atomic E-state index is 12.7. The minimum Gasteiger partial charge on any atom is -0.478 e. The summed E-state index contributed by atoms with van der Waals surface area (Å²) in [4.78, 5) is 17.4. The fourth-order valence-electron chi connectivity index (χ4n) is 3.16. The summed E-state index contributed by atoms with van der Waals surface area (Å²) in [6.07, 6.45) is 2.67. The van der Waals surface area contributed by atoms with Crippen molar-refractivity contribution in [3.05, 3.63) is 69.2 Å². The summed E-state index contributed by atoms with van der Waals surface area (Å²) in [5.74, 6) is 1.28. The van der Waals surface area contributed by atoms with Crippen LogP contribution in [-0.4, -0.2) is 16.2 Å². The summed E-state index contributed by atoms with van der Waals surface area (Å²) in [6.45, 7) is 0.574. The second-order valence-electron chi connectivity index (χ2n) is 5.96. The summed E-state index contributed by atoms with van der Waals surface area (Å²) in [6, 6.07) is 14.6. The van der Waals surface area contributed by atoms with Crippen molar-refractivity contribution in [3.8, 4) is 11.8 Å². The molecule has 0 radical (unpaired) electrons. The molecule has 2 heterocycles. The second-order valence-corrected chi connectivity index (χ2v) is 6.39. The van der Waals surface area contributed by atoms with Crippen molar-refractivity contribution in [1.82, 2.24) is 9.55 Å². The van der Waals surface area contributed by atoms with Gasteiger partial charge in [-0.3, -0.25) is 9.36 Å². The van der Waals surface area contributed by atoms with Gasteiger partial charge in [0.1, 0.15) is 17.6 Å². The Morgan fingerprint density at radius 2 is 2.15 bits per heavy atom. The van der Waals surface area contributed by atoms with Crippen LogP contribution >= 0.6 is 11.6 Å². The smallest absolute Gasteiger partial charge is 0.261 e. The van der Waals surface area contributed by atoms with Crippen LogP contribution in [0.5, 0.6) is 5.75 Å². The Morgan fingerprint density at radius 1 is 1.31 bits per heavy atom. The second kappa shape index (κ2) is 6.66. The first-order valence-electron chi connectivity index (χ1n) is 8.17. The zero-order valence-corrected chi connectivity index (χ0v) is 14.5. The van der Waals surface area contributed by atoms with Crippen LogP contribution in [0.3, 0.4) is 0 Å². The van der Waals surface area contributed by atoms with Crippen molar-refractivity contribution in [2.75, 3.05) is 6.61 Å². The van der Waals surface area contributed by atoms with Crippen molar-refractivity contribution in [2.24, 2.45) is 0 Å². The van der Waals surface area contributed by atoms with Gasteiger partial charge in [0.25, 0.3) is 5.56 Å². The van der Waals surface area contributed by atoms with Gasteiger partial charge in [0.15, 0.2) is 6.61 Å². The SMILES string of the molecule is N#CCOc1ccccc1/C=C1\CCn2c1nc1cc(Cl)ccc1c2=O. The van der Waals surface area contributed by atoms with Gasteiger partial charge in [-0.25, -0.2) is 4.98 Å². The van der Waals surface area contributed by atoms with Crippen LogP contribution in [0, 0.1) is 11.3 Å². The normalized spacial score (nSPS) is 14.4. The average Bonchev–Trinajstić information content (AvgIpc) is 3.04. The van der Waals surface area contributed by atoms with E-state index in [9.17, 15) is 4.79 Å². The molecule has 0 amide bonds. The number of aromatic nitrogens is 2. The van der Waals surface area contributed by atoms with E-state index in [1.54, 1.807) is 22.8 Å². The summed E-state index contributed by atoms with van der Waals surface area (Å²) in [7, 11) is 0. The number of allylic oxidation sites excluding steroid dienone is 1. The molecule has 128 valence electrons. The monoisotopic (exact) mass is 363 g/mol. The maximum absolute atomic E-state index is 12.7. The highest BCUT2D eigenvalue weighted by molar-refractivity contribution is 6.31. The first kappa shape index (κ1) is 16.4. The summed E-state index contributed by atoms with van der Waals surface area (Å²) < 4.78 is 7.18. The number of fused-ring (bicyclic) bond motifs is 2. The molecule has 0 fully saturated rings. The third-order valence-corrected chi connectivity index (χ3v) is 4.59. The molecule has 0 aliphatic carbocycles. The molecule has 0 saturated heterocycles. The van der Waals surface area contributed by atoms with Gasteiger partial charge in [0.05, 0.1) is 10.9 Å². The predicted octanol–water partition coefficient (Wildman–Crippen LogP) is 3.90. The summed E-state index contributed by atoms with van der Waals surface area (Å²) in [5, 5.41) is 9.85. The summed E-state index contributed by atoms with van der Waals surface area (Å²) in [5.41, 5.74) is 2.35. The molecule has 0 saturated carbocycles. The Morgan fingerprint density at radius 3 is 3.00 bits per heavy atom. The van der Waals surface area contributed by atoms with Gasteiger partial charge in [-0.2, -0.15) is 5.26 Å². The summed E-state index contributed by atoms with van der Waals surface area (Å²) >= 11 is 6.05. The lowest BCUT2D eigenvalue weighted by Crippen LogP contribution is -2.20. The van der Waals surface area contributed by atoms with Crippen LogP contribution in [0.2, 0.25) is 5.02 Å². The highest BCUT2D eigenvalue weighted by Gasteiger charge is 2.21. The van der Waals surface area contributed by atoms with Crippen molar-refractivity contribution < 1.29 is 4.74 Å². The van der Waals surface area contributed by atoms with Crippen LogP contribution in [0.1, 0.15) is 17.8 Å². The Balaban J connectivity index is 1.84. The Bertz CT molecular complexity index is 1140. The van der Waals surface area contributed by atoms with Crippen LogP contribution < -0.4 is 10.3 Å². The van der Waals surface area contributed by atoms with E-state index in [4.69, 9.17) is 21.6 Å². The Labute approximate surface area is 154 Å². The number of halogens is 1. The molecule has 4 rings (SSSR count). The molecule has 0 atom stereocenters. The number of hydrogen-bond acceptors (Lipinski definition) is 4. The van der Waals surface area contributed by atoms with E-state index >= 15 is 0 Å². The molecule has 1 aromatic heterocycles. The standard InChI is InChI=1S/C20H14ClN3O2/c21-15-5-6-16-17(12-15)23-19-14(7-9-24(19)20(16)25)11-13-3-1-2-4-18(13)26-10-8-22/h1-6,11-12H,7,9-10H2/b14-11+. The zero-order valence-electron chi connectivity index (χ0n) is 13.8. The molecular weight excluding hydrogens is 350 g/mol. The van der Waals surface area contributed by atoms with Crippen molar-refractivity contribution in [2.45, 2.75) is 13.0 Å². The van der Waals surface area contributed by atoms with Crippen molar-refractivity contribution in [3.63, 3.8) is 0 Å². The molecule has 1 aliphatic heterocycles. The van der Waals surface area contributed by atoms with E-state index in [0.717, 1.165) is 11.1 Å². The third-order valence-electron chi connectivity index (χ3n) is 4.35. The van der Waals surface area contributed by atoms with E-state index in [1.165, 1.54) is 0 Å². The molecule has 1 aliphatic rings. The molecule has 0 N–H and O–H groups in total. The molecule has 3 aromatic rings. The highest BCUT2D eigenvalue weighted by atomic mass is 35.5. The maximum Gasteiger partial charge on any atom is 0.261 e. The highest BCUT2D eigenvalue weighted by Crippen LogP contribution is 2.30. The Hall–Kier alpha value is -3.10. The molecule has 5 nitrogen and oxygen atoms in total. The number of benzene rings is 2. The minimum atomic E-state index is -0.0564. The van der Waals surface area contributed by atoms with Gasteiger partial charge in [0.2, 0.25) is 0 Å². The van der Waals surface area contributed by atoms with Crippen LogP contribution in [0.15, 0.2) is 47.3 Å². The molecule has 26 heavy (non-hydrogen) atoms. The van der Waals surface area contributed by atoms with Crippen molar-refractivity contribution >= 4 is 34.2 Å². The first-order valence-corrected chi connectivity index (χ1v) is 8.55. The van der Waals surface area contributed by atoms with Crippen LogP contribution in [-0.2, 0) is 6.54 Å². The number of ether oxygens (including phenoxy) is 1. The van der Waals surface area contributed by atoms with Crippen LogP contribution in [0.25, 0.3) is 22.6 Å². The molecule has 2 aromatic carbocycles. The van der Waals surface area contributed by atoms with Gasteiger partial charge in [-0.15, -0.1) is 0 Å². The van der Waals surface area contributed by atoms with E-state index < -0.39 is 0 Å². The third kappa shape index (κ3) is 2.85. The van der Waals surface area contributed by atoms with Gasteiger partial charge in [-0.05, 0) is 42.3 Å². The molecule has 6 heteroatoms. The number of para-hydroxylation sites is 1. The lowest BCUT2D eigenvalue weighted by Gasteiger charge is -2.08. The van der Waals surface area contributed by atoms with Gasteiger partial charge in [-0.1, -0.05) is 29.8 Å². The topological polar surface area (TPSA) is 67.9 Å². The molecule has 0 spiro atoms. The molecule has 0 unspecified atom stereocenters. The fourth-order valence-corrected chi connectivity index (χ4v) is 3.32. The zero-order chi connectivity index (χ0) is 18.1.